The molecule has 66 valence electrons. The molecule has 2 nitrogen and oxygen atoms in total. The van der Waals surface area contributed by atoms with Crippen LogP contribution in [0.15, 0.2) is 33.7 Å². The van der Waals surface area contributed by atoms with Gasteiger partial charge in [0.25, 0.3) is 5.56 Å². The van der Waals surface area contributed by atoms with Crippen molar-refractivity contribution >= 4 is 26.7 Å². The number of hydrogen-bond donors (Lipinski definition) is 1. The summed E-state index contributed by atoms with van der Waals surface area (Å²) in [6.45, 7) is 0. The summed E-state index contributed by atoms with van der Waals surface area (Å²) < 4.78 is 13.5. The summed E-state index contributed by atoms with van der Waals surface area (Å²) in [5.41, 5.74) is -0.210. The van der Waals surface area contributed by atoms with Crippen LogP contribution in [0.5, 0.6) is 0 Å². The van der Waals surface area contributed by atoms with Gasteiger partial charge in [0.15, 0.2) is 0 Å². The molecule has 0 amide bonds. The van der Waals surface area contributed by atoms with Gasteiger partial charge in [-0.25, -0.2) is 4.39 Å². The highest BCUT2D eigenvalue weighted by Crippen LogP contribution is 2.20. The fraction of sp³-hybridized carbons (Fsp3) is 0. The minimum atomic E-state index is -0.348. The van der Waals surface area contributed by atoms with E-state index in [1.807, 2.05) is 0 Å². The molecule has 1 aromatic heterocycles. The summed E-state index contributed by atoms with van der Waals surface area (Å²) in [5.74, 6) is -0.348. The first-order valence-electron chi connectivity index (χ1n) is 3.65. The lowest BCUT2D eigenvalue weighted by Gasteiger charge is -1.98. The third-order valence-corrected chi connectivity index (χ3v) is 2.47. The predicted molar refractivity (Wildman–Crippen MR) is 52.2 cm³/mol. The molecular formula is C9H5BrFNO. The number of halogens is 2. The fourth-order valence-electron chi connectivity index (χ4n) is 1.20. The van der Waals surface area contributed by atoms with E-state index in [2.05, 4.69) is 20.9 Å². The molecular weight excluding hydrogens is 237 g/mol. The van der Waals surface area contributed by atoms with Gasteiger partial charge in [0, 0.05) is 21.4 Å². The van der Waals surface area contributed by atoms with Crippen molar-refractivity contribution in [2.75, 3.05) is 0 Å². The molecule has 2 aromatic rings. The van der Waals surface area contributed by atoms with Gasteiger partial charge in [0.2, 0.25) is 0 Å². The molecule has 1 N–H and O–H groups in total. The van der Waals surface area contributed by atoms with Crippen LogP contribution in [0.25, 0.3) is 10.8 Å². The lowest BCUT2D eigenvalue weighted by atomic mass is 10.2. The van der Waals surface area contributed by atoms with Crippen LogP contribution in [0.2, 0.25) is 0 Å². The van der Waals surface area contributed by atoms with Crippen LogP contribution in [0.1, 0.15) is 0 Å². The molecule has 0 unspecified atom stereocenters. The van der Waals surface area contributed by atoms with Crippen molar-refractivity contribution < 1.29 is 4.39 Å². The smallest absolute Gasteiger partial charge is 0.255 e. The van der Waals surface area contributed by atoms with Gasteiger partial charge in [0.1, 0.15) is 5.82 Å². The molecule has 13 heavy (non-hydrogen) atoms. The molecule has 0 aliphatic heterocycles. The molecule has 2 rings (SSSR count). The number of aromatic amines is 1. The van der Waals surface area contributed by atoms with Gasteiger partial charge >= 0.3 is 0 Å². The number of nitrogens with one attached hydrogen (secondary N) is 1. The van der Waals surface area contributed by atoms with Gasteiger partial charge in [-0.05, 0) is 34.1 Å². The van der Waals surface area contributed by atoms with Crippen molar-refractivity contribution in [3.63, 3.8) is 0 Å². The molecule has 0 aliphatic rings. The Hall–Kier alpha value is -1.16. The Morgan fingerprint density at radius 1 is 1.31 bits per heavy atom. The second-order valence-electron chi connectivity index (χ2n) is 2.66. The Morgan fingerprint density at radius 3 is 2.85 bits per heavy atom. The molecule has 1 heterocycles. The van der Waals surface area contributed by atoms with Crippen LogP contribution in [0, 0.1) is 5.82 Å². The summed E-state index contributed by atoms with van der Waals surface area (Å²) >= 11 is 3.23. The van der Waals surface area contributed by atoms with E-state index in [-0.39, 0.29) is 11.4 Å². The van der Waals surface area contributed by atoms with Gasteiger partial charge in [-0.1, -0.05) is 0 Å². The molecule has 0 bridgehead atoms. The van der Waals surface area contributed by atoms with E-state index in [0.29, 0.717) is 15.2 Å². The third kappa shape index (κ3) is 1.37. The van der Waals surface area contributed by atoms with E-state index < -0.39 is 0 Å². The zero-order valence-electron chi connectivity index (χ0n) is 6.47. The van der Waals surface area contributed by atoms with Crippen molar-refractivity contribution in [3.8, 4) is 0 Å². The van der Waals surface area contributed by atoms with Crippen LogP contribution < -0.4 is 5.56 Å². The number of hydrogen-bond acceptors (Lipinski definition) is 1. The summed E-state index contributed by atoms with van der Waals surface area (Å²) in [4.78, 5) is 13.8. The van der Waals surface area contributed by atoms with Gasteiger partial charge in [-0.3, -0.25) is 4.79 Å². The predicted octanol–water partition coefficient (Wildman–Crippen LogP) is 2.43. The van der Waals surface area contributed by atoms with Crippen molar-refractivity contribution in [2.45, 2.75) is 0 Å². The van der Waals surface area contributed by atoms with Gasteiger partial charge in [0.05, 0.1) is 0 Å². The molecule has 0 fully saturated rings. The lowest BCUT2D eigenvalue weighted by molar-refractivity contribution is 0.629. The van der Waals surface area contributed by atoms with Crippen LogP contribution in [0.4, 0.5) is 4.39 Å². The largest absolute Gasteiger partial charge is 0.327 e. The van der Waals surface area contributed by atoms with Crippen molar-refractivity contribution in [3.05, 3.63) is 45.0 Å². The minimum Gasteiger partial charge on any atom is -0.327 e. The van der Waals surface area contributed by atoms with E-state index in [4.69, 9.17) is 0 Å². The van der Waals surface area contributed by atoms with E-state index in [1.54, 1.807) is 0 Å². The maximum absolute atomic E-state index is 12.8. The molecule has 1 aromatic carbocycles. The quantitative estimate of drug-likeness (QED) is 0.756. The molecule has 0 aliphatic carbocycles. The second kappa shape index (κ2) is 2.96. The Morgan fingerprint density at radius 2 is 2.08 bits per heavy atom. The molecule has 0 saturated carbocycles. The third-order valence-electron chi connectivity index (χ3n) is 1.81. The van der Waals surface area contributed by atoms with E-state index >= 15 is 0 Å². The summed E-state index contributed by atoms with van der Waals surface area (Å²) in [5, 5.41) is 1.07. The standard InChI is InChI=1S/C9H5BrFNO/c10-8-4-12-9(13)6-2-1-5(11)3-7(6)8/h1-4H,(H,12,13). The zero-order chi connectivity index (χ0) is 9.42. The first kappa shape index (κ1) is 8.44. The van der Waals surface area contributed by atoms with Crippen molar-refractivity contribution in [2.24, 2.45) is 0 Å². The maximum Gasteiger partial charge on any atom is 0.255 e. The lowest BCUT2D eigenvalue weighted by Crippen LogP contribution is -2.04. The Bertz CT molecular complexity index is 520. The average Bonchev–Trinajstić information content (AvgIpc) is 2.12. The van der Waals surface area contributed by atoms with Crippen LogP contribution >= 0.6 is 15.9 Å². The highest BCUT2D eigenvalue weighted by atomic mass is 79.9. The molecule has 0 spiro atoms. The second-order valence-corrected chi connectivity index (χ2v) is 3.51. The number of benzene rings is 1. The molecule has 0 saturated heterocycles. The summed E-state index contributed by atoms with van der Waals surface area (Å²) in [7, 11) is 0. The number of H-pyrrole nitrogens is 1. The summed E-state index contributed by atoms with van der Waals surface area (Å²) in [6.07, 6.45) is 1.50. The monoisotopic (exact) mass is 241 g/mol. The average molecular weight is 242 g/mol. The molecule has 0 atom stereocenters. The SMILES string of the molecule is O=c1[nH]cc(Br)c2cc(F)ccc12. The Labute approximate surface area is 81.5 Å². The van der Waals surface area contributed by atoms with Crippen molar-refractivity contribution in [1.82, 2.24) is 4.98 Å². The molecule has 4 heteroatoms. The fourth-order valence-corrected chi connectivity index (χ4v) is 1.64. The highest BCUT2D eigenvalue weighted by molar-refractivity contribution is 9.10. The highest BCUT2D eigenvalue weighted by Gasteiger charge is 2.02. The maximum atomic E-state index is 12.8. The number of fused-ring (bicyclic) bond motifs is 1. The van der Waals surface area contributed by atoms with Crippen LogP contribution in [0.3, 0.4) is 0 Å². The number of rotatable bonds is 0. The van der Waals surface area contributed by atoms with E-state index in [9.17, 15) is 9.18 Å². The van der Waals surface area contributed by atoms with Crippen molar-refractivity contribution in [1.29, 1.82) is 0 Å². The Balaban J connectivity index is 3.01. The van der Waals surface area contributed by atoms with Gasteiger partial charge < -0.3 is 4.98 Å². The summed E-state index contributed by atoms with van der Waals surface area (Å²) in [6, 6.07) is 4.06. The van der Waals surface area contributed by atoms with Crippen LogP contribution in [-0.4, -0.2) is 4.98 Å². The first-order valence-corrected chi connectivity index (χ1v) is 4.44. The topological polar surface area (TPSA) is 32.9 Å². The number of aromatic nitrogens is 1. The minimum absolute atomic E-state index is 0.210. The number of pyridine rings is 1. The van der Waals surface area contributed by atoms with Gasteiger partial charge in [-0.15, -0.1) is 0 Å². The first-order chi connectivity index (χ1) is 6.18. The zero-order valence-corrected chi connectivity index (χ0v) is 8.06. The van der Waals surface area contributed by atoms with E-state index in [1.165, 1.54) is 24.4 Å². The van der Waals surface area contributed by atoms with E-state index in [0.717, 1.165) is 0 Å². The van der Waals surface area contributed by atoms with Gasteiger partial charge in [-0.2, -0.15) is 0 Å². The molecule has 0 radical (unpaired) electrons. The normalized spacial score (nSPS) is 10.6. The van der Waals surface area contributed by atoms with Crippen LogP contribution in [-0.2, 0) is 0 Å². The Kier molecular flexibility index (Phi) is 1.92.